The molecule has 0 spiro atoms. The maximum Gasteiger partial charge on any atom is 0.320 e. The summed E-state index contributed by atoms with van der Waals surface area (Å²) in [5.41, 5.74) is 0. The van der Waals surface area contributed by atoms with Gasteiger partial charge in [0.05, 0.1) is 31.9 Å². The number of quaternary nitrogens is 1. The number of carboxylic acids is 1. The number of nitrogens with zero attached hydrogens (tertiary/aromatic N) is 1. The van der Waals surface area contributed by atoms with Crippen LogP contribution in [0.4, 0.5) is 0 Å². The molecule has 0 saturated carbocycles. The number of aliphatic carboxylic acids is 1. The zero-order chi connectivity index (χ0) is 17.2. The van der Waals surface area contributed by atoms with Gasteiger partial charge in [0, 0.05) is 6.42 Å². The number of hydrogen-bond acceptors (Lipinski definition) is 4. The zero-order valence-corrected chi connectivity index (χ0v) is 14.7. The highest BCUT2D eigenvalue weighted by Crippen LogP contribution is 2.13. The van der Waals surface area contributed by atoms with E-state index in [0.717, 1.165) is 37.0 Å². The number of hydrogen-bond donors (Lipinski definition) is 3. The third kappa shape index (κ3) is 8.67. The Morgan fingerprint density at radius 2 is 1.68 bits per heavy atom. The normalized spacial score (nSPS) is 14.0. The standard InChI is InChI=1S/C14H30N2O5S/c1-4-16(5-2,11-8-12-22(19,20)21)10-7-6-9-13(15-3)14(17)18/h13,15H,4-12H2,1-3H3,(H-,17,18,19,20,21)/p+1/t13-/m1/s1. The molecule has 0 aliphatic rings. The van der Waals surface area contributed by atoms with Crippen LogP contribution in [0, 0.1) is 0 Å². The summed E-state index contributed by atoms with van der Waals surface area (Å²) in [4.78, 5) is 10.9. The van der Waals surface area contributed by atoms with E-state index in [0.29, 0.717) is 19.4 Å². The average molecular weight is 339 g/mol. The van der Waals surface area contributed by atoms with Gasteiger partial charge in [-0.25, -0.2) is 0 Å². The van der Waals surface area contributed by atoms with Crippen molar-refractivity contribution in [3.63, 3.8) is 0 Å². The Kier molecular flexibility index (Phi) is 9.82. The van der Waals surface area contributed by atoms with Crippen LogP contribution in [0.15, 0.2) is 0 Å². The predicted molar refractivity (Wildman–Crippen MR) is 86.4 cm³/mol. The average Bonchev–Trinajstić information content (AvgIpc) is 2.43. The van der Waals surface area contributed by atoms with Crippen LogP contribution in [-0.4, -0.2) is 73.6 Å². The number of carboxylic acid groups (broad SMARTS) is 1. The summed E-state index contributed by atoms with van der Waals surface area (Å²) in [5.74, 6) is -1.03. The third-order valence-electron chi connectivity index (χ3n) is 4.40. The number of nitrogens with one attached hydrogen (secondary N) is 1. The Labute approximate surface area is 134 Å². The van der Waals surface area contributed by atoms with Crippen LogP contribution in [0.2, 0.25) is 0 Å². The molecular weight excluding hydrogens is 308 g/mol. The van der Waals surface area contributed by atoms with E-state index in [9.17, 15) is 13.2 Å². The highest BCUT2D eigenvalue weighted by molar-refractivity contribution is 7.85. The lowest BCUT2D eigenvalue weighted by Crippen LogP contribution is -2.49. The topological polar surface area (TPSA) is 104 Å². The van der Waals surface area contributed by atoms with Crippen molar-refractivity contribution in [2.75, 3.05) is 39.0 Å². The lowest BCUT2D eigenvalue weighted by atomic mass is 10.1. The number of unbranched alkanes of at least 4 members (excludes halogenated alkanes) is 1. The lowest BCUT2D eigenvalue weighted by molar-refractivity contribution is -0.925. The molecule has 0 rings (SSSR count). The molecule has 0 heterocycles. The summed E-state index contributed by atoms with van der Waals surface area (Å²) >= 11 is 0. The molecule has 3 N–H and O–H groups in total. The Balaban J connectivity index is 4.30. The van der Waals surface area contributed by atoms with Gasteiger partial charge in [-0.1, -0.05) is 0 Å². The molecule has 0 bridgehead atoms. The quantitative estimate of drug-likeness (QED) is 0.262. The van der Waals surface area contributed by atoms with E-state index in [1.165, 1.54) is 0 Å². The van der Waals surface area contributed by atoms with Crippen molar-refractivity contribution in [2.45, 2.75) is 45.6 Å². The Hall–Kier alpha value is -0.700. The monoisotopic (exact) mass is 339 g/mol. The summed E-state index contributed by atoms with van der Waals surface area (Å²) in [5, 5.41) is 11.7. The van der Waals surface area contributed by atoms with E-state index in [-0.39, 0.29) is 5.75 Å². The Morgan fingerprint density at radius 1 is 1.14 bits per heavy atom. The molecule has 0 amide bonds. The van der Waals surface area contributed by atoms with Gasteiger partial charge in [-0.05, 0) is 40.2 Å². The SMILES string of the molecule is CC[N+](CC)(CCCC[C@@H](NC)C(=O)O)CCCS(=O)(=O)O. The molecule has 0 aromatic rings. The van der Waals surface area contributed by atoms with Gasteiger partial charge < -0.3 is 14.9 Å². The fourth-order valence-electron chi connectivity index (χ4n) is 2.74. The van der Waals surface area contributed by atoms with Crippen molar-refractivity contribution in [3.05, 3.63) is 0 Å². The fourth-order valence-corrected chi connectivity index (χ4v) is 3.23. The van der Waals surface area contributed by atoms with Crippen LogP contribution in [0.3, 0.4) is 0 Å². The van der Waals surface area contributed by atoms with Crippen molar-refractivity contribution in [1.82, 2.24) is 5.32 Å². The smallest absolute Gasteiger partial charge is 0.320 e. The second-order valence-corrected chi connectivity index (χ2v) is 7.31. The second-order valence-electron chi connectivity index (χ2n) is 5.74. The second kappa shape index (κ2) is 10.1. The highest BCUT2D eigenvalue weighted by atomic mass is 32.2. The molecule has 0 aliphatic carbocycles. The largest absolute Gasteiger partial charge is 0.480 e. The van der Waals surface area contributed by atoms with E-state index in [2.05, 4.69) is 19.2 Å². The van der Waals surface area contributed by atoms with E-state index in [1.807, 2.05) is 0 Å². The van der Waals surface area contributed by atoms with Crippen molar-refractivity contribution < 1.29 is 27.4 Å². The molecule has 0 saturated heterocycles. The first-order valence-corrected chi connectivity index (χ1v) is 9.51. The Morgan fingerprint density at radius 3 is 2.09 bits per heavy atom. The van der Waals surface area contributed by atoms with E-state index >= 15 is 0 Å². The van der Waals surface area contributed by atoms with Gasteiger partial charge in [-0.15, -0.1) is 0 Å². The minimum Gasteiger partial charge on any atom is -0.480 e. The molecule has 0 radical (unpaired) electrons. The first kappa shape index (κ1) is 21.3. The van der Waals surface area contributed by atoms with Gasteiger partial charge in [0.2, 0.25) is 0 Å². The van der Waals surface area contributed by atoms with Crippen molar-refractivity contribution in [1.29, 1.82) is 0 Å². The molecule has 0 aromatic carbocycles. The van der Waals surface area contributed by atoms with Crippen LogP contribution < -0.4 is 5.32 Å². The molecule has 8 heteroatoms. The Bertz CT molecular complexity index is 421. The van der Waals surface area contributed by atoms with Crippen LogP contribution in [-0.2, 0) is 14.9 Å². The third-order valence-corrected chi connectivity index (χ3v) is 5.20. The van der Waals surface area contributed by atoms with E-state index in [4.69, 9.17) is 9.66 Å². The summed E-state index contributed by atoms with van der Waals surface area (Å²) in [7, 11) is -2.25. The number of rotatable bonds is 13. The van der Waals surface area contributed by atoms with Gasteiger partial charge in [-0.3, -0.25) is 9.35 Å². The van der Waals surface area contributed by atoms with Gasteiger partial charge in [0.15, 0.2) is 0 Å². The highest BCUT2D eigenvalue weighted by Gasteiger charge is 2.23. The molecule has 0 fully saturated rings. The first-order chi connectivity index (χ1) is 10.2. The fraction of sp³-hybridized carbons (Fsp3) is 0.929. The van der Waals surface area contributed by atoms with Crippen LogP contribution >= 0.6 is 0 Å². The van der Waals surface area contributed by atoms with E-state index < -0.39 is 22.1 Å². The van der Waals surface area contributed by atoms with Crippen molar-refractivity contribution in [2.24, 2.45) is 0 Å². The van der Waals surface area contributed by atoms with Gasteiger partial charge in [0.1, 0.15) is 6.04 Å². The van der Waals surface area contributed by atoms with Crippen LogP contribution in [0.1, 0.15) is 39.5 Å². The molecular formula is C14H31N2O5S+. The summed E-state index contributed by atoms with van der Waals surface area (Å²) < 4.78 is 31.2. The lowest BCUT2D eigenvalue weighted by Gasteiger charge is -2.37. The summed E-state index contributed by atoms with van der Waals surface area (Å²) in [6.07, 6.45) is 2.74. The van der Waals surface area contributed by atoms with Gasteiger partial charge >= 0.3 is 5.97 Å². The molecule has 0 unspecified atom stereocenters. The molecule has 0 aromatic heterocycles. The van der Waals surface area contributed by atoms with Crippen LogP contribution in [0.25, 0.3) is 0 Å². The number of carbonyl (C=O) groups is 1. The zero-order valence-electron chi connectivity index (χ0n) is 13.9. The predicted octanol–water partition coefficient (Wildman–Crippen LogP) is 0.964. The minimum atomic E-state index is -3.90. The maximum absolute atomic E-state index is 10.9. The van der Waals surface area contributed by atoms with Crippen molar-refractivity contribution >= 4 is 16.1 Å². The van der Waals surface area contributed by atoms with Gasteiger partial charge in [-0.2, -0.15) is 8.42 Å². The van der Waals surface area contributed by atoms with Crippen molar-refractivity contribution in [3.8, 4) is 0 Å². The first-order valence-electron chi connectivity index (χ1n) is 7.90. The number of likely N-dealkylation sites (N-methyl/N-ethyl adjacent to an activating group) is 1. The molecule has 1 atom stereocenters. The van der Waals surface area contributed by atoms with Crippen LogP contribution in [0.5, 0.6) is 0 Å². The summed E-state index contributed by atoms with van der Waals surface area (Å²) in [6.45, 7) is 7.55. The van der Waals surface area contributed by atoms with E-state index in [1.54, 1.807) is 7.05 Å². The minimum absolute atomic E-state index is 0.201. The molecule has 0 aliphatic heterocycles. The molecule has 22 heavy (non-hydrogen) atoms. The summed E-state index contributed by atoms with van der Waals surface area (Å²) in [6, 6.07) is -0.510. The maximum atomic E-state index is 10.9. The molecule has 7 nitrogen and oxygen atoms in total. The molecule has 132 valence electrons. The van der Waals surface area contributed by atoms with Gasteiger partial charge in [0.25, 0.3) is 10.1 Å².